The van der Waals surface area contributed by atoms with E-state index in [9.17, 15) is 5.11 Å². The average Bonchev–Trinajstić information content (AvgIpc) is 2.04. The summed E-state index contributed by atoms with van der Waals surface area (Å²) in [4.78, 5) is 1.75. The van der Waals surface area contributed by atoms with E-state index in [1.165, 1.54) is 0 Å². The molecule has 0 amide bonds. The number of aliphatic hydroxyl groups is 1. The van der Waals surface area contributed by atoms with Crippen LogP contribution < -0.4 is 10.6 Å². The third-order valence-electron chi connectivity index (χ3n) is 1.90. The number of hydrogen-bond acceptors (Lipinski definition) is 3. The predicted octanol–water partition coefficient (Wildman–Crippen LogP) is 1.14. The van der Waals surface area contributed by atoms with Crippen molar-refractivity contribution in [1.82, 2.24) is 0 Å². The van der Waals surface area contributed by atoms with Gasteiger partial charge in [-0.3, -0.25) is 0 Å². The maximum atomic E-state index is 9.48. The lowest BCUT2D eigenvalue weighted by Gasteiger charge is -2.31. The van der Waals surface area contributed by atoms with Crippen molar-refractivity contribution in [2.45, 2.75) is 26.2 Å². The van der Waals surface area contributed by atoms with Crippen molar-refractivity contribution in [2.24, 2.45) is 5.73 Å². The second-order valence-corrected chi connectivity index (χ2v) is 3.12. The molecule has 0 bridgehead atoms. The number of nitrogens with two attached hydrogens (primary N) is 1. The minimum Gasteiger partial charge on any atom is -0.374 e. The summed E-state index contributed by atoms with van der Waals surface area (Å²) in [6.07, 6.45) is -0.759. The number of benzene rings is 1. The van der Waals surface area contributed by atoms with Gasteiger partial charge in [-0.25, -0.2) is 0 Å². The third kappa shape index (κ3) is 2.44. The van der Waals surface area contributed by atoms with Crippen LogP contribution in [0.1, 0.15) is 13.8 Å². The molecule has 0 saturated heterocycles. The van der Waals surface area contributed by atoms with Crippen molar-refractivity contribution < 1.29 is 5.11 Å². The van der Waals surface area contributed by atoms with Gasteiger partial charge in [0.2, 0.25) is 0 Å². The van der Waals surface area contributed by atoms with Gasteiger partial charge < -0.3 is 15.7 Å². The molecule has 0 saturated carbocycles. The van der Waals surface area contributed by atoms with Crippen molar-refractivity contribution in [3.8, 4) is 0 Å². The fourth-order valence-corrected chi connectivity index (χ4v) is 1.39. The Kier molecular flexibility index (Phi) is 3.28. The minimum atomic E-state index is -0.567. The first-order valence-electron chi connectivity index (χ1n) is 4.40. The van der Waals surface area contributed by atoms with E-state index in [1.807, 2.05) is 37.3 Å². The van der Waals surface area contributed by atoms with Crippen LogP contribution in [0.15, 0.2) is 30.3 Å². The fraction of sp³-hybridized carbons (Fsp3) is 0.400. The highest BCUT2D eigenvalue weighted by molar-refractivity contribution is 5.46. The first kappa shape index (κ1) is 10.0. The zero-order chi connectivity index (χ0) is 9.84. The smallest absolute Gasteiger partial charge is 0.125 e. The second kappa shape index (κ2) is 4.25. The lowest BCUT2D eigenvalue weighted by molar-refractivity contribution is 0.179. The van der Waals surface area contributed by atoms with E-state index in [0.717, 1.165) is 5.69 Å². The van der Waals surface area contributed by atoms with E-state index in [-0.39, 0.29) is 6.17 Å². The van der Waals surface area contributed by atoms with Crippen molar-refractivity contribution in [3.63, 3.8) is 0 Å². The minimum absolute atomic E-state index is 0.192. The highest BCUT2D eigenvalue weighted by atomic mass is 16.3. The maximum Gasteiger partial charge on any atom is 0.125 e. The Balaban J connectivity index is 2.89. The van der Waals surface area contributed by atoms with Crippen molar-refractivity contribution in [1.29, 1.82) is 0 Å². The molecule has 0 fully saturated rings. The molecule has 0 heterocycles. The Morgan fingerprint density at radius 1 is 1.23 bits per heavy atom. The maximum absolute atomic E-state index is 9.48. The molecule has 1 aromatic carbocycles. The Hall–Kier alpha value is -1.06. The van der Waals surface area contributed by atoms with Crippen LogP contribution in [0.2, 0.25) is 0 Å². The van der Waals surface area contributed by atoms with Gasteiger partial charge in [0, 0.05) is 5.69 Å². The molecule has 2 unspecified atom stereocenters. The van der Waals surface area contributed by atoms with E-state index < -0.39 is 6.23 Å². The van der Waals surface area contributed by atoms with E-state index in [0.29, 0.717) is 0 Å². The molecule has 0 aromatic heterocycles. The third-order valence-corrected chi connectivity index (χ3v) is 1.90. The fourth-order valence-electron chi connectivity index (χ4n) is 1.39. The number of aliphatic hydroxyl groups excluding tert-OH is 1. The van der Waals surface area contributed by atoms with Crippen LogP contribution in [-0.4, -0.2) is 17.5 Å². The van der Waals surface area contributed by atoms with Crippen LogP contribution in [0.3, 0.4) is 0 Å². The largest absolute Gasteiger partial charge is 0.374 e. The molecule has 72 valence electrons. The molecule has 0 aliphatic carbocycles. The molecule has 0 spiro atoms. The van der Waals surface area contributed by atoms with Gasteiger partial charge in [0.1, 0.15) is 6.23 Å². The molecular weight excluding hydrogens is 164 g/mol. The molecule has 0 aliphatic rings. The van der Waals surface area contributed by atoms with Crippen molar-refractivity contribution in [3.05, 3.63) is 30.3 Å². The predicted molar refractivity (Wildman–Crippen MR) is 54.3 cm³/mol. The standard InChI is InChI=1S/C10H16N2O/c1-8(11)12(9(2)13)10-6-4-3-5-7-10/h3-9,13H,11H2,1-2H3. The van der Waals surface area contributed by atoms with Crippen LogP contribution in [0.5, 0.6) is 0 Å². The Bertz CT molecular complexity index is 238. The van der Waals surface area contributed by atoms with E-state index in [1.54, 1.807) is 11.8 Å². The van der Waals surface area contributed by atoms with Gasteiger partial charge in [0.05, 0.1) is 6.17 Å². The van der Waals surface area contributed by atoms with E-state index in [2.05, 4.69) is 0 Å². The summed E-state index contributed by atoms with van der Waals surface area (Å²) in [6, 6.07) is 9.64. The summed E-state index contributed by atoms with van der Waals surface area (Å²) in [7, 11) is 0. The summed E-state index contributed by atoms with van der Waals surface area (Å²) in [5, 5.41) is 9.48. The number of para-hydroxylation sites is 1. The monoisotopic (exact) mass is 180 g/mol. The molecule has 13 heavy (non-hydrogen) atoms. The summed E-state index contributed by atoms with van der Waals surface area (Å²) >= 11 is 0. The van der Waals surface area contributed by atoms with Crippen LogP contribution in [0, 0.1) is 0 Å². The SMILES string of the molecule is CC(N)N(c1ccccc1)C(C)O. The molecule has 1 rings (SSSR count). The quantitative estimate of drug-likeness (QED) is 0.686. The zero-order valence-electron chi connectivity index (χ0n) is 8.01. The van der Waals surface area contributed by atoms with Gasteiger partial charge in [0.15, 0.2) is 0 Å². The number of nitrogens with zero attached hydrogens (tertiary/aromatic N) is 1. The summed E-state index contributed by atoms with van der Waals surface area (Å²) in [5.74, 6) is 0. The molecule has 3 nitrogen and oxygen atoms in total. The Labute approximate surface area is 78.8 Å². The zero-order valence-corrected chi connectivity index (χ0v) is 8.01. The lowest BCUT2D eigenvalue weighted by Crippen LogP contribution is -2.45. The number of anilines is 1. The van der Waals surface area contributed by atoms with Gasteiger partial charge >= 0.3 is 0 Å². The van der Waals surface area contributed by atoms with Crippen LogP contribution in [0.4, 0.5) is 5.69 Å². The van der Waals surface area contributed by atoms with Gasteiger partial charge in [-0.1, -0.05) is 18.2 Å². The average molecular weight is 180 g/mol. The summed E-state index contributed by atoms with van der Waals surface area (Å²) < 4.78 is 0. The first-order valence-corrected chi connectivity index (χ1v) is 4.40. The van der Waals surface area contributed by atoms with Gasteiger partial charge in [-0.05, 0) is 26.0 Å². The van der Waals surface area contributed by atoms with Gasteiger partial charge in [-0.15, -0.1) is 0 Å². The molecule has 1 aromatic rings. The number of rotatable bonds is 3. The van der Waals surface area contributed by atoms with Crippen molar-refractivity contribution in [2.75, 3.05) is 4.90 Å². The van der Waals surface area contributed by atoms with Crippen LogP contribution >= 0.6 is 0 Å². The first-order chi connectivity index (χ1) is 6.13. The highest BCUT2D eigenvalue weighted by Gasteiger charge is 2.14. The van der Waals surface area contributed by atoms with Crippen LogP contribution in [0.25, 0.3) is 0 Å². The topological polar surface area (TPSA) is 49.5 Å². The van der Waals surface area contributed by atoms with Crippen molar-refractivity contribution >= 4 is 5.69 Å². The van der Waals surface area contributed by atoms with E-state index in [4.69, 9.17) is 5.73 Å². The van der Waals surface area contributed by atoms with Gasteiger partial charge in [-0.2, -0.15) is 0 Å². The second-order valence-electron chi connectivity index (χ2n) is 3.12. The molecule has 2 atom stereocenters. The normalized spacial score (nSPS) is 15.1. The highest BCUT2D eigenvalue weighted by Crippen LogP contribution is 2.16. The summed E-state index contributed by atoms with van der Waals surface area (Å²) in [6.45, 7) is 3.55. The number of hydrogen-bond donors (Lipinski definition) is 2. The summed E-state index contributed by atoms with van der Waals surface area (Å²) in [5.41, 5.74) is 6.67. The molecular formula is C10H16N2O. The Morgan fingerprint density at radius 2 is 1.77 bits per heavy atom. The van der Waals surface area contributed by atoms with E-state index >= 15 is 0 Å². The van der Waals surface area contributed by atoms with Crippen LogP contribution in [-0.2, 0) is 0 Å². The molecule has 3 N–H and O–H groups in total. The lowest BCUT2D eigenvalue weighted by atomic mass is 10.2. The Morgan fingerprint density at radius 3 is 2.15 bits per heavy atom. The molecule has 3 heteroatoms. The van der Waals surface area contributed by atoms with Gasteiger partial charge in [0.25, 0.3) is 0 Å². The molecule has 0 radical (unpaired) electrons. The molecule has 0 aliphatic heterocycles.